The van der Waals surface area contributed by atoms with Crippen molar-refractivity contribution in [1.82, 2.24) is 9.97 Å². The van der Waals surface area contributed by atoms with Crippen LogP contribution in [0.25, 0.3) is 0 Å². The summed E-state index contributed by atoms with van der Waals surface area (Å²) < 4.78 is 27.3. The van der Waals surface area contributed by atoms with Gasteiger partial charge in [0, 0.05) is 23.8 Å². The number of nitrogens with one attached hydrogen (secondary N) is 1. The van der Waals surface area contributed by atoms with E-state index in [2.05, 4.69) is 16.9 Å². The van der Waals surface area contributed by atoms with Gasteiger partial charge in [0.1, 0.15) is 11.6 Å². The summed E-state index contributed by atoms with van der Waals surface area (Å²) in [5.41, 5.74) is -0.0161. The van der Waals surface area contributed by atoms with Crippen molar-refractivity contribution in [1.29, 1.82) is 0 Å². The summed E-state index contributed by atoms with van der Waals surface area (Å²) >= 11 is 1.44. The van der Waals surface area contributed by atoms with Gasteiger partial charge in [-0.1, -0.05) is 31.2 Å². The summed E-state index contributed by atoms with van der Waals surface area (Å²) in [6, 6.07) is 4.98. The number of nitrogens with zero attached hydrogens (tertiary/aromatic N) is 1. The monoisotopic (exact) mass is 310 g/mol. The zero-order valence-corrected chi connectivity index (χ0v) is 12.5. The van der Waals surface area contributed by atoms with Crippen LogP contribution in [0.5, 0.6) is 0 Å². The topological polar surface area (TPSA) is 45.8 Å². The molecule has 0 spiro atoms. The molecule has 1 heterocycles. The van der Waals surface area contributed by atoms with E-state index in [0.717, 1.165) is 18.6 Å². The highest BCUT2D eigenvalue weighted by Gasteiger charge is 2.11. The Morgan fingerprint density at radius 2 is 2.00 bits per heavy atom. The molecule has 112 valence electrons. The van der Waals surface area contributed by atoms with Gasteiger partial charge in [0.05, 0.1) is 5.69 Å². The smallest absolute Gasteiger partial charge is 0.251 e. The minimum absolute atomic E-state index is 0.0379. The van der Waals surface area contributed by atoms with E-state index in [-0.39, 0.29) is 17.5 Å². The van der Waals surface area contributed by atoms with Crippen molar-refractivity contribution < 1.29 is 8.78 Å². The van der Waals surface area contributed by atoms with Gasteiger partial charge in [-0.2, -0.15) is 0 Å². The van der Waals surface area contributed by atoms with Crippen molar-refractivity contribution in [3.63, 3.8) is 0 Å². The van der Waals surface area contributed by atoms with E-state index in [1.165, 1.54) is 36.0 Å². The summed E-state index contributed by atoms with van der Waals surface area (Å²) in [5, 5.41) is 0.489. The maximum absolute atomic E-state index is 13.6. The Morgan fingerprint density at radius 3 is 2.67 bits per heavy atom. The first kappa shape index (κ1) is 15.7. The van der Waals surface area contributed by atoms with Gasteiger partial charge in [-0.15, -0.1) is 0 Å². The lowest BCUT2D eigenvalue weighted by atomic mass is 10.1. The van der Waals surface area contributed by atoms with Crippen LogP contribution in [-0.4, -0.2) is 15.7 Å². The van der Waals surface area contributed by atoms with Gasteiger partial charge in [0.15, 0.2) is 5.16 Å². The van der Waals surface area contributed by atoms with Crippen molar-refractivity contribution in [2.75, 3.05) is 5.75 Å². The molecule has 3 nitrogen and oxygen atoms in total. The van der Waals surface area contributed by atoms with Crippen LogP contribution >= 0.6 is 11.8 Å². The number of rotatable bonds is 6. The predicted molar refractivity (Wildman–Crippen MR) is 79.7 cm³/mol. The van der Waals surface area contributed by atoms with E-state index in [9.17, 15) is 13.6 Å². The van der Waals surface area contributed by atoms with Crippen LogP contribution in [0, 0.1) is 11.6 Å². The van der Waals surface area contributed by atoms with E-state index >= 15 is 0 Å². The first-order valence-electron chi connectivity index (χ1n) is 6.76. The summed E-state index contributed by atoms with van der Waals surface area (Å²) in [6.07, 6.45) is 2.03. The van der Waals surface area contributed by atoms with E-state index in [4.69, 9.17) is 0 Å². The molecule has 2 rings (SSSR count). The number of hydrogen-bond donors (Lipinski definition) is 1. The van der Waals surface area contributed by atoms with Crippen molar-refractivity contribution in [3.8, 4) is 0 Å². The number of unbranched alkanes of at least 4 members (excludes halogenated alkanes) is 1. The molecule has 0 aliphatic heterocycles. The molecule has 0 aliphatic carbocycles. The molecule has 0 fully saturated rings. The maximum Gasteiger partial charge on any atom is 0.251 e. The number of aromatic nitrogens is 2. The molecule has 0 bridgehead atoms. The van der Waals surface area contributed by atoms with Crippen molar-refractivity contribution in [2.45, 2.75) is 31.3 Å². The zero-order valence-electron chi connectivity index (χ0n) is 11.7. The molecule has 0 radical (unpaired) electrons. The van der Waals surface area contributed by atoms with Gasteiger partial charge in [-0.05, 0) is 18.6 Å². The average Bonchev–Trinajstić information content (AvgIpc) is 2.43. The van der Waals surface area contributed by atoms with Gasteiger partial charge in [-0.25, -0.2) is 13.8 Å². The molecule has 0 atom stereocenters. The Kier molecular flexibility index (Phi) is 5.50. The average molecular weight is 310 g/mol. The molecule has 0 saturated carbocycles. The Balaban J connectivity index is 2.22. The van der Waals surface area contributed by atoms with Crippen LogP contribution in [-0.2, 0) is 6.42 Å². The second-order valence-corrected chi connectivity index (χ2v) is 5.70. The molecule has 6 heteroatoms. The highest BCUT2D eigenvalue weighted by Crippen LogP contribution is 2.17. The fraction of sp³-hybridized carbons (Fsp3) is 0.333. The molecule has 0 aliphatic rings. The standard InChI is InChI=1S/C15H16F2N2OS/c1-2-3-7-21-15-18-10(9-14(20)19-15)8-11-12(16)5-4-6-13(11)17/h4-6,9H,2-3,7-8H2,1H3,(H,18,19,20). The first-order valence-corrected chi connectivity index (χ1v) is 7.74. The van der Waals surface area contributed by atoms with Gasteiger partial charge < -0.3 is 4.98 Å². The Bertz CT molecular complexity index is 653. The van der Waals surface area contributed by atoms with Crippen LogP contribution in [0.15, 0.2) is 34.2 Å². The second-order valence-electron chi connectivity index (χ2n) is 4.62. The maximum atomic E-state index is 13.6. The third kappa shape index (κ3) is 4.39. The molecule has 2 aromatic rings. The number of thioether (sulfide) groups is 1. The van der Waals surface area contributed by atoms with Gasteiger partial charge in [0.2, 0.25) is 0 Å². The predicted octanol–water partition coefficient (Wildman–Crippen LogP) is 3.53. The van der Waals surface area contributed by atoms with Crippen LogP contribution in [0.3, 0.4) is 0 Å². The van der Waals surface area contributed by atoms with E-state index in [1.54, 1.807) is 0 Å². The number of hydrogen-bond acceptors (Lipinski definition) is 3. The first-order chi connectivity index (χ1) is 10.1. The molecule has 0 amide bonds. The quantitative estimate of drug-likeness (QED) is 0.504. The van der Waals surface area contributed by atoms with Crippen LogP contribution in [0.2, 0.25) is 0 Å². The molecule has 1 aromatic heterocycles. The largest absolute Gasteiger partial charge is 0.301 e. The molecule has 0 unspecified atom stereocenters. The SMILES string of the molecule is CCCCSc1nc(Cc2c(F)cccc2F)cc(=O)[nH]1. The zero-order chi connectivity index (χ0) is 15.2. The number of aromatic amines is 1. The Labute approximate surface area is 125 Å². The second kappa shape index (κ2) is 7.36. The van der Waals surface area contributed by atoms with E-state index in [0.29, 0.717) is 10.9 Å². The summed E-state index contributed by atoms with van der Waals surface area (Å²) in [5.74, 6) is -0.411. The van der Waals surface area contributed by atoms with Gasteiger partial charge >= 0.3 is 0 Å². The van der Waals surface area contributed by atoms with Crippen molar-refractivity contribution >= 4 is 11.8 Å². The lowest BCUT2D eigenvalue weighted by molar-refractivity contribution is 0.559. The highest BCUT2D eigenvalue weighted by molar-refractivity contribution is 7.99. The molecule has 21 heavy (non-hydrogen) atoms. The van der Waals surface area contributed by atoms with Gasteiger partial charge in [0.25, 0.3) is 5.56 Å². The minimum atomic E-state index is -0.628. The van der Waals surface area contributed by atoms with Crippen LogP contribution in [0.4, 0.5) is 8.78 Å². The molecule has 1 N–H and O–H groups in total. The third-order valence-electron chi connectivity index (χ3n) is 2.93. The molecule has 0 saturated heterocycles. The number of H-pyrrole nitrogens is 1. The lowest BCUT2D eigenvalue weighted by Gasteiger charge is -2.06. The Morgan fingerprint density at radius 1 is 1.29 bits per heavy atom. The van der Waals surface area contributed by atoms with Crippen LogP contribution < -0.4 is 5.56 Å². The summed E-state index contributed by atoms with van der Waals surface area (Å²) in [6.45, 7) is 2.08. The third-order valence-corrected chi connectivity index (χ3v) is 3.89. The number of halogens is 2. The van der Waals surface area contributed by atoms with E-state index < -0.39 is 11.6 Å². The molecular formula is C15H16F2N2OS. The summed E-state index contributed by atoms with van der Waals surface area (Å²) in [4.78, 5) is 18.5. The normalized spacial score (nSPS) is 10.8. The van der Waals surface area contributed by atoms with E-state index in [1.807, 2.05) is 0 Å². The summed E-state index contributed by atoms with van der Waals surface area (Å²) in [7, 11) is 0. The molecule has 1 aromatic carbocycles. The minimum Gasteiger partial charge on any atom is -0.301 e. The van der Waals surface area contributed by atoms with Crippen LogP contribution in [0.1, 0.15) is 31.0 Å². The van der Waals surface area contributed by atoms with Gasteiger partial charge in [-0.3, -0.25) is 4.79 Å². The van der Waals surface area contributed by atoms with Crippen molar-refractivity contribution in [3.05, 3.63) is 57.5 Å². The fourth-order valence-corrected chi connectivity index (χ4v) is 2.82. The molecular weight excluding hydrogens is 294 g/mol. The highest BCUT2D eigenvalue weighted by atomic mass is 32.2. The Hall–Kier alpha value is -1.69. The fourth-order valence-electron chi connectivity index (χ4n) is 1.84. The number of benzene rings is 1. The van der Waals surface area contributed by atoms with Crippen molar-refractivity contribution in [2.24, 2.45) is 0 Å². The lowest BCUT2D eigenvalue weighted by Crippen LogP contribution is -2.11.